The minimum absolute atomic E-state index is 0.0651. The van der Waals surface area contributed by atoms with Crippen molar-refractivity contribution in [1.29, 1.82) is 0 Å². The fraction of sp³-hybridized carbons (Fsp3) is 0.158. The molecule has 112 valence electrons. The van der Waals surface area contributed by atoms with Crippen molar-refractivity contribution in [1.82, 2.24) is 0 Å². The van der Waals surface area contributed by atoms with E-state index in [0.29, 0.717) is 6.61 Å². The summed E-state index contributed by atoms with van der Waals surface area (Å²) in [4.78, 5) is 0. The molecule has 1 aliphatic carbocycles. The summed E-state index contributed by atoms with van der Waals surface area (Å²) in [6.07, 6.45) is 7.88. The minimum atomic E-state index is -0.877. The SMILES string of the molecule is Nc1cccc(C2C=CC=CC2(N)OCc2ccccc2)c1. The first-order chi connectivity index (χ1) is 10.7. The zero-order chi connectivity index (χ0) is 15.4. The second-order valence-corrected chi connectivity index (χ2v) is 5.52. The maximum absolute atomic E-state index is 6.53. The predicted octanol–water partition coefficient (Wildman–Crippen LogP) is 3.35. The summed E-state index contributed by atoms with van der Waals surface area (Å²) in [6, 6.07) is 17.8. The van der Waals surface area contributed by atoms with Crippen LogP contribution in [0.2, 0.25) is 0 Å². The number of ether oxygens (including phenoxy) is 1. The highest BCUT2D eigenvalue weighted by Crippen LogP contribution is 2.34. The van der Waals surface area contributed by atoms with Crippen molar-refractivity contribution in [3.63, 3.8) is 0 Å². The first-order valence-corrected chi connectivity index (χ1v) is 7.36. The van der Waals surface area contributed by atoms with Gasteiger partial charge in [-0.2, -0.15) is 0 Å². The molecule has 2 aromatic carbocycles. The molecule has 0 saturated carbocycles. The van der Waals surface area contributed by atoms with Gasteiger partial charge in [-0.05, 0) is 29.3 Å². The molecule has 0 amide bonds. The Kier molecular flexibility index (Phi) is 4.09. The van der Waals surface area contributed by atoms with Gasteiger partial charge in [-0.15, -0.1) is 0 Å². The van der Waals surface area contributed by atoms with Crippen molar-refractivity contribution in [3.8, 4) is 0 Å². The normalized spacial score (nSPS) is 23.6. The number of anilines is 1. The van der Waals surface area contributed by atoms with E-state index in [1.807, 2.05) is 72.8 Å². The quantitative estimate of drug-likeness (QED) is 0.671. The van der Waals surface area contributed by atoms with Crippen molar-refractivity contribution in [3.05, 3.63) is 90.0 Å². The van der Waals surface area contributed by atoms with Crippen LogP contribution in [-0.2, 0) is 11.3 Å². The van der Waals surface area contributed by atoms with Gasteiger partial charge >= 0.3 is 0 Å². The van der Waals surface area contributed by atoms with Gasteiger partial charge in [0.1, 0.15) is 5.72 Å². The highest BCUT2D eigenvalue weighted by Gasteiger charge is 2.34. The largest absolute Gasteiger partial charge is 0.399 e. The summed E-state index contributed by atoms with van der Waals surface area (Å²) in [7, 11) is 0. The Bertz CT molecular complexity index is 694. The molecule has 0 saturated heterocycles. The van der Waals surface area contributed by atoms with Crippen molar-refractivity contribution in [2.45, 2.75) is 18.2 Å². The third kappa shape index (κ3) is 3.11. The molecule has 0 radical (unpaired) electrons. The van der Waals surface area contributed by atoms with Crippen LogP contribution < -0.4 is 11.5 Å². The monoisotopic (exact) mass is 292 g/mol. The van der Waals surface area contributed by atoms with Crippen LogP contribution in [0.4, 0.5) is 5.69 Å². The smallest absolute Gasteiger partial charge is 0.147 e. The fourth-order valence-corrected chi connectivity index (χ4v) is 2.68. The Labute approximate surface area is 130 Å². The number of rotatable bonds is 4. The second kappa shape index (κ2) is 6.18. The van der Waals surface area contributed by atoms with Crippen LogP contribution in [0.3, 0.4) is 0 Å². The summed E-state index contributed by atoms with van der Waals surface area (Å²) >= 11 is 0. The summed E-state index contributed by atoms with van der Waals surface area (Å²) < 4.78 is 6.06. The topological polar surface area (TPSA) is 61.3 Å². The summed E-state index contributed by atoms with van der Waals surface area (Å²) in [6.45, 7) is 0.467. The van der Waals surface area contributed by atoms with Gasteiger partial charge in [0.25, 0.3) is 0 Å². The number of allylic oxidation sites excluding steroid dienone is 2. The van der Waals surface area contributed by atoms with Gasteiger partial charge in [-0.3, -0.25) is 5.73 Å². The van der Waals surface area contributed by atoms with Gasteiger partial charge < -0.3 is 10.5 Å². The first-order valence-electron chi connectivity index (χ1n) is 7.36. The molecule has 3 heteroatoms. The van der Waals surface area contributed by atoms with Crippen molar-refractivity contribution >= 4 is 5.69 Å². The molecule has 3 nitrogen and oxygen atoms in total. The molecule has 1 aliphatic rings. The molecule has 0 bridgehead atoms. The van der Waals surface area contributed by atoms with Gasteiger partial charge in [0, 0.05) is 11.6 Å². The highest BCUT2D eigenvalue weighted by molar-refractivity contribution is 5.45. The van der Waals surface area contributed by atoms with Crippen LogP contribution in [0, 0.1) is 0 Å². The number of hydrogen-bond acceptors (Lipinski definition) is 3. The van der Waals surface area contributed by atoms with Crippen LogP contribution in [-0.4, -0.2) is 5.72 Å². The van der Waals surface area contributed by atoms with Crippen LogP contribution in [0.25, 0.3) is 0 Å². The zero-order valence-corrected chi connectivity index (χ0v) is 12.4. The van der Waals surface area contributed by atoms with Crippen LogP contribution in [0.5, 0.6) is 0 Å². The number of hydrogen-bond donors (Lipinski definition) is 2. The molecule has 0 aliphatic heterocycles. The van der Waals surface area contributed by atoms with Crippen molar-refractivity contribution in [2.24, 2.45) is 5.73 Å². The van der Waals surface area contributed by atoms with E-state index >= 15 is 0 Å². The minimum Gasteiger partial charge on any atom is -0.399 e. The Morgan fingerprint density at radius 2 is 1.82 bits per heavy atom. The Morgan fingerprint density at radius 3 is 2.59 bits per heavy atom. The van der Waals surface area contributed by atoms with Crippen LogP contribution >= 0.6 is 0 Å². The number of nitrogens with two attached hydrogens (primary N) is 2. The highest BCUT2D eigenvalue weighted by atomic mass is 16.5. The predicted molar refractivity (Wildman–Crippen MR) is 90.0 cm³/mol. The maximum atomic E-state index is 6.53. The van der Waals surface area contributed by atoms with Gasteiger partial charge in [0.15, 0.2) is 0 Å². The van der Waals surface area contributed by atoms with E-state index in [9.17, 15) is 0 Å². The van der Waals surface area contributed by atoms with Gasteiger partial charge in [0.2, 0.25) is 0 Å². The fourth-order valence-electron chi connectivity index (χ4n) is 2.68. The molecule has 2 aromatic rings. The van der Waals surface area contributed by atoms with Crippen molar-refractivity contribution in [2.75, 3.05) is 5.73 Å². The van der Waals surface area contributed by atoms with Gasteiger partial charge in [0.05, 0.1) is 6.61 Å². The average Bonchev–Trinajstić information content (AvgIpc) is 2.54. The lowest BCUT2D eigenvalue weighted by molar-refractivity contribution is -0.0268. The molecule has 0 heterocycles. The Balaban J connectivity index is 1.82. The number of nitrogen functional groups attached to an aromatic ring is 1. The molecule has 22 heavy (non-hydrogen) atoms. The van der Waals surface area contributed by atoms with Crippen LogP contribution in [0.1, 0.15) is 17.0 Å². The standard InChI is InChI=1S/C19H20N2O/c20-17-10-6-9-16(13-17)18-11-4-5-12-19(18,21)22-14-15-7-2-1-3-8-15/h1-13,18H,14,20-21H2. The molecule has 4 N–H and O–H groups in total. The third-order valence-corrected chi connectivity index (χ3v) is 3.86. The Hall–Kier alpha value is -2.36. The molecule has 2 atom stereocenters. The molecule has 0 fully saturated rings. The molecule has 0 aromatic heterocycles. The second-order valence-electron chi connectivity index (χ2n) is 5.52. The third-order valence-electron chi connectivity index (χ3n) is 3.86. The maximum Gasteiger partial charge on any atom is 0.147 e. The lowest BCUT2D eigenvalue weighted by Crippen LogP contribution is -2.46. The summed E-state index contributed by atoms with van der Waals surface area (Å²) in [5.41, 5.74) is 14.4. The summed E-state index contributed by atoms with van der Waals surface area (Å²) in [5, 5.41) is 0. The molecular weight excluding hydrogens is 272 g/mol. The molecule has 3 rings (SSSR count). The van der Waals surface area contributed by atoms with E-state index in [-0.39, 0.29) is 5.92 Å². The van der Waals surface area contributed by atoms with Crippen molar-refractivity contribution < 1.29 is 4.74 Å². The van der Waals surface area contributed by atoms with E-state index in [1.165, 1.54) is 0 Å². The van der Waals surface area contributed by atoms with E-state index in [1.54, 1.807) is 0 Å². The lowest BCUT2D eigenvalue weighted by atomic mass is 9.85. The molecule has 2 unspecified atom stereocenters. The van der Waals surface area contributed by atoms with E-state index in [4.69, 9.17) is 16.2 Å². The zero-order valence-electron chi connectivity index (χ0n) is 12.4. The van der Waals surface area contributed by atoms with Crippen LogP contribution in [0.15, 0.2) is 78.9 Å². The van der Waals surface area contributed by atoms with Gasteiger partial charge in [-0.25, -0.2) is 0 Å². The molecular formula is C19H20N2O. The molecule has 0 spiro atoms. The van der Waals surface area contributed by atoms with E-state index in [0.717, 1.165) is 16.8 Å². The number of benzene rings is 2. The van der Waals surface area contributed by atoms with Gasteiger partial charge in [-0.1, -0.05) is 60.7 Å². The first kappa shape index (κ1) is 14.6. The lowest BCUT2D eigenvalue weighted by Gasteiger charge is -2.35. The Morgan fingerprint density at radius 1 is 1.00 bits per heavy atom. The summed E-state index contributed by atoms with van der Waals surface area (Å²) in [5.74, 6) is -0.0651. The van der Waals surface area contributed by atoms with E-state index < -0.39 is 5.72 Å². The average molecular weight is 292 g/mol. The van der Waals surface area contributed by atoms with E-state index in [2.05, 4.69) is 6.08 Å².